The first-order valence-electron chi connectivity index (χ1n) is 8.70. The Balaban J connectivity index is 1.53. The lowest BCUT2D eigenvalue weighted by molar-refractivity contribution is 0.0698. The highest BCUT2D eigenvalue weighted by Gasteiger charge is 2.29. The van der Waals surface area contributed by atoms with Crippen LogP contribution in [0.4, 0.5) is 10.5 Å². The zero-order valence-electron chi connectivity index (χ0n) is 14.7. The van der Waals surface area contributed by atoms with E-state index in [4.69, 9.17) is 4.74 Å². The summed E-state index contributed by atoms with van der Waals surface area (Å²) < 4.78 is 6.12. The quantitative estimate of drug-likeness (QED) is 0.489. The molecule has 0 unspecified atom stereocenters. The summed E-state index contributed by atoms with van der Waals surface area (Å²) in [5.74, 6) is -1.15. The van der Waals surface area contributed by atoms with Crippen LogP contribution in [0.1, 0.15) is 27.4 Å². The van der Waals surface area contributed by atoms with Gasteiger partial charge in [-0.1, -0.05) is 54.6 Å². The maximum atomic E-state index is 12.4. The van der Waals surface area contributed by atoms with Gasteiger partial charge in [-0.2, -0.15) is 0 Å². The fraction of sp³-hybridized carbons (Fsp3) is 0.0909. The topological polar surface area (TPSA) is 75.6 Å². The normalized spacial score (nSPS) is 12.2. The molecule has 0 bridgehead atoms. The lowest BCUT2D eigenvalue weighted by Crippen LogP contribution is -2.20. The molecule has 0 saturated carbocycles. The molecule has 0 atom stereocenters. The zero-order valence-corrected chi connectivity index (χ0v) is 16.8. The van der Waals surface area contributed by atoms with Crippen molar-refractivity contribution in [3.05, 3.63) is 87.0 Å². The number of anilines is 1. The standard InChI is InChI=1S/C22H16INO4/c23-19-11-5-10-17(21(25)26)20(19)24-22(27)28-12-18-15-8-3-1-6-13(15)14-7-2-4-9-16(14)18/h1-11,18H,12H2,(H,24,27)(H,25,26). The number of nitrogens with one attached hydrogen (secondary N) is 1. The third kappa shape index (κ3) is 3.35. The lowest BCUT2D eigenvalue weighted by atomic mass is 9.98. The van der Waals surface area contributed by atoms with Crippen LogP contribution < -0.4 is 5.32 Å². The third-order valence-corrected chi connectivity index (χ3v) is 5.71. The van der Waals surface area contributed by atoms with Crippen molar-refractivity contribution >= 4 is 40.3 Å². The van der Waals surface area contributed by atoms with Crippen LogP contribution in [-0.2, 0) is 4.74 Å². The lowest BCUT2D eigenvalue weighted by Gasteiger charge is -2.15. The molecule has 0 saturated heterocycles. The highest BCUT2D eigenvalue weighted by molar-refractivity contribution is 14.1. The van der Waals surface area contributed by atoms with Gasteiger partial charge in [0.05, 0.1) is 11.3 Å². The van der Waals surface area contributed by atoms with E-state index in [9.17, 15) is 14.7 Å². The summed E-state index contributed by atoms with van der Waals surface area (Å²) in [6.07, 6.45) is -0.673. The van der Waals surface area contributed by atoms with E-state index in [1.165, 1.54) is 6.07 Å². The number of ether oxygens (including phenoxy) is 1. The van der Waals surface area contributed by atoms with Gasteiger partial charge in [-0.3, -0.25) is 5.32 Å². The number of carboxylic acids is 1. The Morgan fingerprint density at radius 3 is 2.14 bits per heavy atom. The Kier molecular flexibility index (Phi) is 5.04. The molecule has 2 N–H and O–H groups in total. The molecule has 3 aromatic rings. The summed E-state index contributed by atoms with van der Waals surface area (Å²) in [7, 11) is 0. The van der Waals surface area contributed by atoms with Gasteiger partial charge in [-0.25, -0.2) is 9.59 Å². The first-order chi connectivity index (χ1) is 13.6. The van der Waals surface area contributed by atoms with Crippen molar-refractivity contribution in [2.45, 2.75) is 5.92 Å². The number of carboxylic acid groups (broad SMARTS) is 1. The summed E-state index contributed by atoms with van der Waals surface area (Å²) in [5, 5.41) is 11.9. The molecule has 140 valence electrons. The number of hydrogen-bond acceptors (Lipinski definition) is 3. The molecule has 1 amide bonds. The van der Waals surface area contributed by atoms with Gasteiger partial charge in [0.2, 0.25) is 0 Å². The first-order valence-corrected chi connectivity index (χ1v) is 9.78. The van der Waals surface area contributed by atoms with E-state index < -0.39 is 12.1 Å². The van der Waals surface area contributed by atoms with E-state index in [1.807, 2.05) is 59.0 Å². The molecule has 0 heterocycles. The van der Waals surface area contributed by atoms with E-state index in [1.54, 1.807) is 12.1 Å². The van der Waals surface area contributed by atoms with Gasteiger partial charge in [-0.05, 0) is 57.0 Å². The van der Waals surface area contributed by atoms with Gasteiger partial charge < -0.3 is 9.84 Å². The molecule has 0 aliphatic heterocycles. The predicted molar refractivity (Wildman–Crippen MR) is 115 cm³/mol. The van der Waals surface area contributed by atoms with Gasteiger partial charge in [0, 0.05) is 9.49 Å². The van der Waals surface area contributed by atoms with E-state index >= 15 is 0 Å². The monoisotopic (exact) mass is 485 g/mol. The molecule has 0 aromatic heterocycles. The van der Waals surface area contributed by atoms with Gasteiger partial charge >= 0.3 is 12.1 Å². The number of carbonyl (C=O) groups is 2. The first kappa shape index (κ1) is 18.5. The Labute approximate surface area is 175 Å². The zero-order chi connectivity index (χ0) is 19.7. The number of aromatic carboxylic acids is 1. The molecule has 0 fully saturated rings. The number of carbonyl (C=O) groups excluding carboxylic acids is 1. The number of benzene rings is 3. The Bertz CT molecular complexity index is 1030. The molecule has 4 rings (SSSR count). The van der Waals surface area contributed by atoms with E-state index in [0.717, 1.165) is 22.3 Å². The predicted octanol–water partition coefficient (Wildman–Crippen LogP) is 5.35. The average molecular weight is 485 g/mol. The largest absolute Gasteiger partial charge is 0.478 e. The molecule has 0 spiro atoms. The average Bonchev–Trinajstić information content (AvgIpc) is 3.02. The summed E-state index contributed by atoms with van der Waals surface area (Å²) in [6.45, 7) is 0.172. The second-order valence-corrected chi connectivity index (χ2v) is 7.58. The SMILES string of the molecule is O=C(Nc1c(I)cccc1C(=O)O)OCC1c2ccccc2-c2ccccc21. The number of halogens is 1. The van der Waals surface area contributed by atoms with Crippen molar-refractivity contribution in [3.63, 3.8) is 0 Å². The van der Waals surface area contributed by atoms with Crippen molar-refractivity contribution in [2.75, 3.05) is 11.9 Å². The number of fused-ring (bicyclic) bond motifs is 3. The van der Waals surface area contributed by atoms with Crippen LogP contribution in [0.5, 0.6) is 0 Å². The number of amides is 1. The highest BCUT2D eigenvalue weighted by atomic mass is 127. The fourth-order valence-corrected chi connectivity index (χ4v) is 4.20. The summed E-state index contributed by atoms with van der Waals surface area (Å²) in [6, 6.07) is 21.0. The van der Waals surface area contributed by atoms with Crippen LogP contribution in [0.25, 0.3) is 11.1 Å². The molecule has 28 heavy (non-hydrogen) atoms. The third-order valence-electron chi connectivity index (χ3n) is 4.81. The second-order valence-electron chi connectivity index (χ2n) is 6.42. The Morgan fingerprint density at radius 2 is 1.54 bits per heavy atom. The number of hydrogen-bond donors (Lipinski definition) is 2. The number of rotatable bonds is 4. The van der Waals surface area contributed by atoms with Crippen molar-refractivity contribution in [3.8, 4) is 11.1 Å². The van der Waals surface area contributed by atoms with Crippen LogP contribution in [-0.4, -0.2) is 23.8 Å². The molecular formula is C22H16INO4. The molecule has 3 aromatic carbocycles. The van der Waals surface area contributed by atoms with Crippen LogP contribution in [0.15, 0.2) is 66.7 Å². The van der Waals surface area contributed by atoms with Crippen molar-refractivity contribution in [1.29, 1.82) is 0 Å². The molecular weight excluding hydrogens is 469 g/mol. The van der Waals surface area contributed by atoms with Crippen LogP contribution in [0, 0.1) is 3.57 Å². The summed E-state index contributed by atoms with van der Waals surface area (Å²) in [4.78, 5) is 23.8. The van der Waals surface area contributed by atoms with E-state index in [2.05, 4.69) is 17.4 Å². The highest BCUT2D eigenvalue weighted by Crippen LogP contribution is 2.44. The van der Waals surface area contributed by atoms with E-state index in [-0.39, 0.29) is 23.8 Å². The van der Waals surface area contributed by atoms with Gasteiger partial charge in [0.15, 0.2) is 0 Å². The maximum absolute atomic E-state index is 12.4. The van der Waals surface area contributed by atoms with Crippen molar-refractivity contribution in [1.82, 2.24) is 0 Å². The Hall–Kier alpha value is -2.87. The Morgan fingerprint density at radius 1 is 0.929 bits per heavy atom. The van der Waals surface area contributed by atoms with Crippen LogP contribution in [0.3, 0.4) is 0 Å². The molecule has 6 heteroatoms. The van der Waals surface area contributed by atoms with Crippen molar-refractivity contribution < 1.29 is 19.4 Å². The van der Waals surface area contributed by atoms with Gasteiger partial charge in [0.1, 0.15) is 6.61 Å². The molecule has 0 radical (unpaired) electrons. The molecule has 1 aliphatic carbocycles. The smallest absolute Gasteiger partial charge is 0.411 e. The summed E-state index contributed by atoms with van der Waals surface area (Å²) in [5.41, 5.74) is 4.82. The second kappa shape index (κ2) is 7.63. The molecule has 1 aliphatic rings. The fourth-order valence-electron chi connectivity index (χ4n) is 3.57. The van der Waals surface area contributed by atoms with Crippen LogP contribution >= 0.6 is 22.6 Å². The minimum atomic E-state index is -1.10. The van der Waals surface area contributed by atoms with Crippen LogP contribution in [0.2, 0.25) is 0 Å². The van der Waals surface area contributed by atoms with E-state index in [0.29, 0.717) is 3.57 Å². The summed E-state index contributed by atoms with van der Waals surface area (Å²) >= 11 is 1.99. The maximum Gasteiger partial charge on any atom is 0.411 e. The number of para-hydroxylation sites is 1. The minimum absolute atomic E-state index is 0.0282. The minimum Gasteiger partial charge on any atom is -0.478 e. The van der Waals surface area contributed by atoms with Gasteiger partial charge in [0.25, 0.3) is 0 Å². The van der Waals surface area contributed by atoms with Gasteiger partial charge in [-0.15, -0.1) is 0 Å². The molecule has 5 nitrogen and oxygen atoms in total. The van der Waals surface area contributed by atoms with Crippen molar-refractivity contribution in [2.24, 2.45) is 0 Å².